The fraction of sp³-hybridized carbons (Fsp3) is 0.424. The molecule has 0 saturated heterocycles. The summed E-state index contributed by atoms with van der Waals surface area (Å²) in [6.07, 6.45) is 3.59. The highest BCUT2D eigenvalue weighted by Gasteiger charge is 2.32. The molecule has 0 bridgehead atoms. The summed E-state index contributed by atoms with van der Waals surface area (Å²) >= 11 is 2.95. The number of amides is 2. The summed E-state index contributed by atoms with van der Waals surface area (Å²) in [5.41, 5.74) is 3.43. The fourth-order valence-electron chi connectivity index (χ4n) is 5.12. The Morgan fingerprint density at radius 1 is 1.05 bits per heavy atom. The van der Waals surface area contributed by atoms with Crippen molar-refractivity contribution in [3.05, 3.63) is 76.2 Å². The van der Waals surface area contributed by atoms with Crippen LogP contribution >= 0.6 is 23.1 Å². The summed E-state index contributed by atoms with van der Waals surface area (Å²) in [5, 5.41) is 6.27. The Hall–Kier alpha value is -3.10. The van der Waals surface area contributed by atoms with E-state index in [1.807, 2.05) is 58.0 Å². The Balaban J connectivity index is 1.50. The maximum Gasteiger partial charge on any atom is 0.341 e. The van der Waals surface area contributed by atoms with Crippen LogP contribution in [0.1, 0.15) is 86.2 Å². The molecule has 3 aromatic rings. The predicted octanol–water partition coefficient (Wildman–Crippen LogP) is 8.08. The second-order valence-electron chi connectivity index (χ2n) is 11.6. The van der Waals surface area contributed by atoms with E-state index in [-0.39, 0.29) is 35.1 Å². The smallest absolute Gasteiger partial charge is 0.341 e. The monoisotopic (exact) mass is 592 g/mol. The van der Waals surface area contributed by atoms with Gasteiger partial charge in [0.2, 0.25) is 11.8 Å². The molecule has 41 heavy (non-hydrogen) atoms. The van der Waals surface area contributed by atoms with E-state index in [1.165, 1.54) is 28.7 Å². The number of fused-ring (bicyclic) bond motifs is 1. The first-order valence-corrected chi connectivity index (χ1v) is 16.0. The van der Waals surface area contributed by atoms with Gasteiger partial charge in [-0.25, -0.2) is 4.79 Å². The third-order valence-corrected chi connectivity index (χ3v) is 9.53. The maximum absolute atomic E-state index is 13.6. The second-order valence-corrected chi connectivity index (χ2v) is 14.0. The van der Waals surface area contributed by atoms with E-state index < -0.39 is 0 Å². The second kappa shape index (κ2) is 13.7. The summed E-state index contributed by atoms with van der Waals surface area (Å²) < 4.78 is 5.42. The number of hydrogen-bond donors (Lipinski definition) is 2. The lowest BCUT2D eigenvalue weighted by molar-refractivity contribution is -0.118. The number of hydrogen-bond acceptors (Lipinski definition) is 6. The van der Waals surface area contributed by atoms with Gasteiger partial charge in [-0.1, -0.05) is 64.1 Å². The maximum atomic E-state index is 13.6. The molecule has 2 aromatic carbocycles. The van der Waals surface area contributed by atoms with Crippen LogP contribution in [0.15, 0.2) is 59.5 Å². The first-order chi connectivity index (χ1) is 19.6. The van der Waals surface area contributed by atoms with E-state index in [0.717, 1.165) is 34.6 Å². The molecule has 2 atom stereocenters. The normalized spacial score (nSPS) is 15.5. The first kappa shape index (κ1) is 30.8. The predicted molar refractivity (Wildman–Crippen MR) is 169 cm³/mol. The van der Waals surface area contributed by atoms with Gasteiger partial charge >= 0.3 is 5.97 Å². The van der Waals surface area contributed by atoms with Crippen LogP contribution in [0.2, 0.25) is 0 Å². The van der Waals surface area contributed by atoms with E-state index in [2.05, 4.69) is 34.9 Å². The van der Waals surface area contributed by atoms with E-state index in [9.17, 15) is 14.4 Å². The number of carbonyl (C=O) groups is 3. The van der Waals surface area contributed by atoms with Crippen LogP contribution in [0.4, 0.5) is 10.7 Å². The van der Waals surface area contributed by atoms with E-state index in [1.54, 1.807) is 6.92 Å². The molecule has 0 radical (unpaired) electrons. The number of esters is 1. The Bertz CT molecular complexity index is 1380. The third-order valence-electron chi connectivity index (χ3n) is 7.00. The lowest BCUT2D eigenvalue weighted by atomic mass is 9.83. The van der Waals surface area contributed by atoms with Crippen molar-refractivity contribution >= 4 is 51.6 Å². The van der Waals surface area contributed by atoms with Crippen molar-refractivity contribution in [1.29, 1.82) is 0 Å². The number of carbonyl (C=O) groups excluding carboxylic acids is 3. The lowest BCUT2D eigenvalue weighted by Crippen LogP contribution is -2.25. The molecule has 0 saturated carbocycles. The average Bonchev–Trinajstić information content (AvgIpc) is 3.28. The van der Waals surface area contributed by atoms with Crippen molar-refractivity contribution in [1.82, 2.24) is 0 Å². The standard InChI is InChI=1S/C33H40N2O4S2/c1-6-26(40-24-15-11-14-23(19-24)34-28(36)20-33(3,4)5)30(37)35-31-29(32(38)39-7-2)25-17-16-22(18-27(25)41-31)21-12-9-8-10-13-21/h8-15,19,22,26H,6-7,16-18,20H2,1-5H3,(H,34,36)(H,35,37). The lowest BCUT2D eigenvalue weighted by Gasteiger charge is -2.23. The molecule has 8 heteroatoms. The van der Waals surface area contributed by atoms with Gasteiger partial charge < -0.3 is 15.4 Å². The molecule has 6 nitrogen and oxygen atoms in total. The first-order valence-electron chi connectivity index (χ1n) is 14.3. The highest BCUT2D eigenvalue weighted by molar-refractivity contribution is 8.00. The minimum atomic E-state index is -0.377. The highest BCUT2D eigenvalue weighted by atomic mass is 32.2. The van der Waals surface area contributed by atoms with Crippen molar-refractivity contribution in [2.45, 2.75) is 82.8 Å². The summed E-state index contributed by atoms with van der Waals surface area (Å²) in [4.78, 5) is 41.1. The molecule has 2 amide bonds. The minimum absolute atomic E-state index is 0.0351. The van der Waals surface area contributed by atoms with E-state index >= 15 is 0 Å². The molecule has 4 rings (SSSR count). The number of anilines is 2. The minimum Gasteiger partial charge on any atom is -0.462 e. The van der Waals surface area contributed by atoms with Crippen molar-refractivity contribution in [2.24, 2.45) is 5.41 Å². The third kappa shape index (κ3) is 8.23. The highest BCUT2D eigenvalue weighted by Crippen LogP contribution is 2.43. The summed E-state index contributed by atoms with van der Waals surface area (Å²) in [6, 6.07) is 18.1. The van der Waals surface area contributed by atoms with Gasteiger partial charge in [-0.05, 0) is 73.3 Å². The number of ether oxygens (including phenoxy) is 1. The molecule has 2 unspecified atom stereocenters. The quantitative estimate of drug-likeness (QED) is 0.184. The van der Waals surface area contributed by atoms with Gasteiger partial charge in [0.1, 0.15) is 5.00 Å². The van der Waals surface area contributed by atoms with Crippen LogP contribution in [-0.2, 0) is 27.2 Å². The van der Waals surface area contributed by atoms with Crippen LogP contribution < -0.4 is 10.6 Å². The van der Waals surface area contributed by atoms with Gasteiger partial charge in [-0.2, -0.15) is 0 Å². The fourth-order valence-corrected chi connectivity index (χ4v) is 7.45. The van der Waals surface area contributed by atoms with Gasteiger partial charge in [0, 0.05) is 21.9 Å². The molecule has 1 aromatic heterocycles. The van der Waals surface area contributed by atoms with Crippen molar-refractivity contribution < 1.29 is 19.1 Å². The molecule has 1 aliphatic rings. The zero-order valence-corrected chi connectivity index (χ0v) is 26.2. The number of thioether (sulfide) groups is 1. The van der Waals surface area contributed by atoms with Crippen molar-refractivity contribution in [3.8, 4) is 0 Å². The van der Waals surface area contributed by atoms with Crippen molar-refractivity contribution in [3.63, 3.8) is 0 Å². The summed E-state index contributed by atoms with van der Waals surface area (Å²) in [5.74, 6) is -0.176. The number of rotatable bonds is 10. The van der Waals surface area contributed by atoms with Gasteiger partial charge in [0.15, 0.2) is 0 Å². The molecule has 218 valence electrons. The van der Waals surface area contributed by atoms with Crippen molar-refractivity contribution in [2.75, 3.05) is 17.2 Å². The molecule has 0 fully saturated rings. The topological polar surface area (TPSA) is 84.5 Å². The van der Waals surface area contributed by atoms with Gasteiger partial charge in [-0.15, -0.1) is 23.1 Å². The molecule has 0 spiro atoms. The number of nitrogens with one attached hydrogen (secondary N) is 2. The van der Waals surface area contributed by atoms with Crippen LogP contribution in [0.5, 0.6) is 0 Å². The van der Waals surface area contributed by atoms with Gasteiger partial charge in [0.05, 0.1) is 17.4 Å². The van der Waals surface area contributed by atoms with Crippen LogP contribution in [0, 0.1) is 5.41 Å². The van der Waals surface area contributed by atoms with Gasteiger partial charge in [0.25, 0.3) is 0 Å². The number of benzene rings is 2. The van der Waals surface area contributed by atoms with Crippen LogP contribution in [0.25, 0.3) is 0 Å². The SMILES string of the molecule is CCOC(=O)c1c(NC(=O)C(CC)Sc2cccc(NC(=O)CC(C)(C)C)c2)sc2c1CCC(c1ccccc1)C2. The van der Waals surface area contributed by atoms with Crippen LogP contribution in [0.3, 0.4) is 0 Å². The molecule has 2 N–H and O–H groups in total. The Morgan fingerprint density at radius 2 is 1.80 bits per heavy atom. The zero-order chi connectivity index (χ0) is 29.6. The van der Waals surface area contributed by atoms with Gasteiger partial charge in [-0.3, -0.25) is 9.59 Å². The summed E-state index contributed by atoms with van der Waals surface area (Å²) in [7, 11) is 0. The molecular weight excluding hydrogens is 553 g/mol. The Kier molecular flexibility index (Phi) is 10.3. The van der Waals surface area contributed by atoms with E-state index in [0.29, 0.717) is 35.0 Å². The Morgan fingerprint density at radius 3 is 2.49 bits per heavy atom. The summed E-state index contributed by atoms with van der Waals surface area (Å²) in [6.45, 7) is 10.1. The zero-order valence-electron chi connectivity index (χ0n) is 24.5. The molecule has 1 heterocycles. The largest absolute Gasteiger partial charge is 0.462 e. The average molecular weight is 593 g/mol. The van der Waals surface area contributed by atoms with E-state index in [4.69, 9.17) is 4.74 Å². The molecular formula is C33H40N2O4S2. The molecule has 1 aliphatic carbocycles. The number of thiophene rings is 1. The molecule has 0 aliphatic heterocycles. The van der Waals surface area contributed by atoms with Crippen LogP contribution in [-0.4, -0.2) is 29.6 Å². The Labute approximate surface area is 251 Å².